The molecule has 0 radical (unpaired) electrons. The molecule has 4 amide bonds. The maximum absolute atomic E-state index is 13.5. The highest BCUT2D eigenvalue weighted by Crippen LogP contribution is 2.42. The van der Waals surface area contributed by atoms with Gasteiger partial charge in [-0.25, -0.2) is 0 Å². The van der Waals surface area contributed by atoms with Crippen molar-refractivity contribution in [1.82, 2.24) is 21.3 Å². The van der Waals surface area contributed by atoms with Crippen molar-refractivity contribution in [3.8, 4) is 0 Å². The van der Waals surface area contributed by atoms with Crippen LogP contribution in [0.5, 0.6) is 0 Å². The van der Waals surface area contributed by atoms with Crippen LogP contribution in [0.1, 0.15) is 159 Å². The molecule has 0 spiro atoms. The molecule has 1 atom stereocenters. The van der Waals surface area contributed by atoms with Gasteiger partial charge in [-0.15, -0.1) is 0 Å². The van der Waals surface area contributed by atoms with Crippen molar-refractivity contribution in [2.75, 3.05) is 72.9 Å². The molecule has 2 rings (SSSR count). The van der Waals surface area contributed by atoms with E-state index in [0.717, 1.165) is 41.6 Å². The van der Waals surface area contributed by atoms with Crippen LogP contribution >= 0.6 is 0 Å². The molecule has 79 heavy (non-hydrogen) atoms. The number of unbranched alkanes of at least 4 members (excludes halogenated alkanes) is 1. The normalized spacial score (nSPS) is 16.9. The Morgan fingerprint density at radius 2 is 1.14 bits per heavy atom. The van der Waals surface area contributed by atoms with E-state index in [1.807, 2.05) is 44.2 Å². The number of nitrogens with one attached hydrogen (secondary N) is 4. The number of ether oxygens (including phenoxy) is 3. The van der Waals surface area contributed by atoms with Crippen molar-refractivity contribution in [2.45, 2.75) is 159 Å². The van der Waals surface area contributed by atoms with Crippen LogP contribution in [0.3, 0.4) is 0 Å². The number of hydrogen-bond donors (Lipinski definition) is 4. The molecule has 14 nitrogen and oxygen atoms in total. The first-order chi connectivity index (χ1) is 37.7. The number of rotatable bonds is 39. The highest BCUT2D eigenvalue weighted by molar-refractivity contribution is 5.94. The lowest BCUT2D eigenvalue weighted by Gasteiger charge is -2.33. The Morgan fingerprint density at radius 3 is 1.73 bits per heavy atom. The maximum atomic E-state index is 13.5. The van der Waals surface area contributed by atoms with E-state index in [1.165, 1.54) is 54.2 Å². The average molecular weight is 1100 g/mol. The maximum Gasteiger partial charge on any atom is 0.244 e. The molecule has 2 aliphatic rings. The van der Waals surface area contributed by atoms with E-state index < -0.39 is 5.92 Å². The largest absolute Gasteiger partial charge is 0.385 e. The number of allylic oxidation sites excluding steroid dienone is 19. The molecule has 440 valence electrons. The van der Waals surface area contributed by atoms with Gasteiger partial charge in [0, 0.05) is 77.8 Å². The zero-order valence-electron chi connectivity index (χ0n) is 50.2. The smallest absolute Gasteiger partial charge is 0.244 e. The first kappa shape index (κ1) is 69.4. The highest BCUT2D eigenvalue weighted by atomic mass is 17.2. The van der Waals surface area contributed by atoms with Gasteiger partial charge >= 0.3 is 0 Å². The Balaban J connectivity index is 1.83. The van der Waals surface area contributed by atoms with Gasteiger partial charge in [0.05, 0.1) is 19.8 Å². The van der Waals surface area contributed by atoms with Crippen molar-refractivity contribution in [3.63, 3.8) is 0 Å². The molecular formula is C65H100N4O10. The lowest BCUT2D eigenvalue weighted by Crippen LogP contribution is -2.33. The quantitative estimate of drug-likeness (QED) is 0.0116. The predicted octanol–water partition coefficient (Wildman–Crippen LogP) is 12.0. The summed E-state index contributed by atoms with van der Waals surface area (Å²) in [5, 5.41) is 11.5. The Hall–Kier alpha value is -5.67. The Morgan fingerprint density at radius 1 is 0.595 bits per heavy atom. The van der Waals surface area contributed by atoms with Crippen molar-refractivity contribution in [2.24, 2.45) is 16.7 Å². The number of methoxy groups -OCH3 is 1. The van der Waals surface area contributed by atoms with Crippen LogP contribution in [0.15, 0.2) is 130 Å². The van der Waals surface area contributed by atoms with Crippen LogP contribution in [0.4, 0.5) is 0 Å². The van der Waals surface area contributed by atoms with Crippen molar-refractivity contribution in [1.29, 1.82) is 0 Å². The summed E-state index contributed by atoms with van der Waals surface area (Å²) >= 11 is 0. The fourth-order valence-corrected chi connectivity index (χ4v) is 9.35. The highest BCUT2D eigenvalue weighted by Gasteiger charge is 2.27. The van der Waals surface area contributed by atoms with Crippen LogP contribution in [0.2, 0.25) is 0 Å². The molecule has 2 aliphatic carbocycles. The molecule has 1 unspecified atom stereocenters. The number of ketones is 1. The molecule has 0 aromatic carbocycles. The second kappa shape index (κ2) is 40.5. The molecular weight excluding hydrogens is 997 g/mol. The first-order valence-electron chi connectivity index (χ1n) is 28.8. The SMILES string of the molecule is COCCCNC(=O)CCOCCC(=O)NC/C=C\OOCCOCCCNC(=O)C(CCCCNC(=O)/C=C(C)/C=C/C=C(C)/C=C/C1=C(C)CCCC1(C)C)CC(=O)/C=C(C)/C=C/C=C(C)/C=C/C1=C(C)CCCC1(C)C. The lowest BCUT2D eigenvalue weighted by molar-refractivity contribution is -0.255. The standard InChI is InChI=1S/C65H100N4O10/c1-50(28-30-58-54(5)25-16-34-64(58,7)8)21-14-23-52(3)47-57(70)49-56(27-12-13-36-68-62(73)48-53(4)24-15-22-51(2)29-31-59-55(6)26-17-35-65(59,9)10)63(74)69-39-19-41-76-45-46-79-78-42-20-38-67-61(72)33-44-77-43-32-60(71)66-37-18-40-75-11/h14-15,20-24,28-31,42,47-48,56H,12-13,16-19,25-27,32-41,43-46,49H2,1-11H3,(H,66,71)(H,67,72)(H,68,73)(H,69,74)/b23-14+,24-15+,30-28+,31-29+,42-20-,50-21+,51-22+,52-47+,53-48+. The fraction of sp³-hybridized carbons (Fsp3) is 0.585. The molecule has 0 aromatic heterocycles. The predicted molar refractivity (Wildman–Crippen MR) is 319 cm³/mol. The van der Waals surface area contributed by atoms with Crippen LogP contribution < -0.4 is 21.3 Å². The lowest BCUT2D eigenvalue weighted by atomic mass is 9.72. The van der Waals surface area contributed by atoms with E-state index in [9.17, 15) is 24.0 Å². The number of carbonyl (C=O) groups is 5. The minimum Gasteiger partial charge on any atom is -0.385 e. The van der Waals surface area contributed by atoms with E-state index in [2.05, 4.69) is 107 Å². The Bertz CT molecular complexity index is 2270. The summed E-state index contributed by atoms with van der Waals surface area (Å²) in [7, 11) is 1.61. The third-order valence-electron chi connectivity index (χ3n) is 13.9. The van der Waals surface area contributed by atoms with Gasteiger partial charge in [-0.1, -0.05) is 117 Å². The molecule has 0 fully saturated rings. The fourth-order valence-electron chi connectivity index (χ4n) is 9.35. The summed E-state index contributed by atoms with van der Waals surface area (Å²) in [4.78, 5) is 73.5. The molecule has 0 heterocycles. The Kier molecular flexibility index (Phi) is 35.6. The van der Waals surface area contributed by atoms with E-state index in [1.54, 1.807) is 25.3 Å². The molecule has 0 aliphatic heterocycles. The molecule has 0 saturated heterocycles. The summed E-state index contributed by atoms with van der Waals surface area (Å²) < 4.78 is 16.0. The average Bonchev–Trinajstić information content (AvgIpc) is 3.39. The van der Waals surface area contributed by atoms with E-state index in [4.69, 9.17) is 24.0 Å². The van der Waals surface area contributed by atoms with Gasteiger partial charge in [0.15, 0.2) is 5.78 Å². The van der Waals surface area contributed by atoms with Crippen LogP contribution in [-0.2, 0) is 48.0 Å². The second-order valence-electron chi connectivity index (χ2n) is 22.2. The number of hydrogen-bond acceptors (Lipinski definition) is 10. The van der Waals surface area contributed by atoms with Crippen molar-refractivity contribution >= 4 is 29.4 Å². The van der Waals surface area contributed by atoms with Crippen LogP contribution in [0.25, 0.3) is 0 Å². The van der Waals surface area contributed by atoms with Gasteiger partial charge in [0.1, 0.15) is 12.9 Å². The third-order valence-corrected chi connectivity index (χ3v) is 13.9. The summed E-state index contributed by atoms with van der Waals surface area (Å²) in [6.07, 6.45) is 37.5. The zero-order valence-corrected chi connectivity index (χ0v) is 50.2. The van der Waals surface area contributed by atoms with Crippen molar-refractivity contribution in [3.05, 3.63) is 130 Å². The second-order valence-corrected chi connectivity index (χ2v) is 22.2. The molecule has 0 aromatic rings. The van der Waals surface area contributed by atoms with Gasteiger partial charge < -0.3 is 40.4 Å². The summed E-state index contributed by atoms with van der Waals surface area (Å²) in [5.41, 5.74) is 10.0. The molecule has 0 bridgehead atoms. The monoisotopic (exact) mass is 1100 g/mol. The summed E-state index contributed by atoms with van der Waals surface area (Å²) in [6, 6.07) is 0. The first-order valence-corrected chi connectivity index (χ1v) is 28.8. The molecule has 14 heteroatoms. The molecule has 0 saturated carbocycles. The summed E-state index contributed by atoms with van der Waals surface area (Å²) in [5.74, 6) is -1.32. The van der Waals surface area contributed by atoms with E-state index in [0.29, 0.717) is 58.5 Å². The minimum atomic E-state index is -0.534. The van der Waals surface area contributed by atoms with Gasteiger partial charge in [-0.2, -0.15) is 4.89 Å². The Labute approximate surface area is 475 Å². The topological polar surface area (TPSA) is 180 Å². The number of carbonyl (C=O) groups excluding carboxylic acids is 5. The van der Waals surface area contributed by atoms with Gasteiger partial charge in [0.2, 0.25) is 23.6 Å². The van der Waals surface area contributed by atoms with Crippen LogP contribution in [-0.4, -0.2) is 102 Å². The third kappa shape index (κ3) is 32.9. The van der Waals surface area contributed by atoms with Crippen LogP contribution in [0, 0.1) is 16.7 Å². The minimum absolute atomic E-state index is 0.0709. The van der Waals surface area contributed by atoms with Gasteiger partial charge in [0.25, 0.3) is 0 Å². The van der Waals surface area contributed by atoms with Crippen molar-refractivity contribution < 1.29 is 48.0 Å². The van der Waals surface area contributed by atoms with E-state index >= 15 is 0 Å². The van der Waals surface area contributed by atoms with Gasteiger partial charge in [-0.05, 0) is 151 Å². The summed E-state index contributed by atoms with van der Waals surface area (Å²) in [6.45, 7) is 25.1. The van der Waals surface area contributed by atoms with E-state index in [-0.39, 0.29) is 92.5 Å². The number of amides is 4. The van der Waals surface area contributed by atoms with Gasteiger partial charge in [-0.3, -0.25) is 24.0 Å². The molecule has 4 N–H and O–H groups in total. The zero-order chi connectivity index (χ0) is 58.3.